The second-order valence-corrected chi connectivity index (χ2v) is 10.3. The molecule has 10 heteroatoms. The van der Waals surface area contributed by atoms with Crippen LogP contribution in [0, 0.1) is 0 Å². The van der Waals surface area contributed by atoms with Crippen LogP contribution >= 0.6 is 11.8 Å². The summed E-state index contributed by atoms with van der Waals surface area (Å²) >= 11 is 1.52. The van der Waals surface area contributed by atoms with E-state index in [4.69, 9.17) is 14.2 Å². The summed E-state index contributed by atoms with van der Waals surface area (Å²) in [6.45, 7) is 5.82. The van der Waals surface area contributed by atoms with Gasteiger partial charge in [-0.1, -0.05) is 6.92 Å². The fourth-order valence-electron chi connectivity index (χ4n) is 3.19. The Labute approximate surface area is 199 Å². The van der Waals surface area contributed by atoms with Gasteiger partial charge in [-0.25, -0.2) is 8.42 Å². The third-order valence-corrected chi connectivity index (χ3v) is 7.83. The highest BCUT2D eigenvalue weighted by molar-refractivity contribution is 7.99. The molecule has 2 aromatic carbocycles. The van der Waals surface area contributed by atoms with Crippen LogP contribution in [0.5, 0.6) is 17.2 Å². The molecule has 0 aliphatic carbocycles. The largest absolute Gasteiger partial charge is 0.494 e. The first-order valence-electron chi connectivity index (χ1n) is 10.9. The number of hydrogen-bond acceptors (Lipinski definition) is 7. The number of amides is 1. The van der Waals surface area contributed by atoms with Crippen LogP contribution in [0.15, 0.2) is 47.4 Å². The number of carbonyl (C=O) groups is 1. The molecule has 1 amide bonds. The first-order valence-corrected chi connectivity index (χ1v) is 13.5. The number of ether oxygens (including phenoxy) is 3. The van der Waals surface area contributed by atoms with Gasteiger partial charge in [0.25, 0.3) is 0 Å². The van der Waals surface area contributed by atoms with Gasteiger partial charge in [0.2, 0.25) is 15.9 Å². The molecule has 0 spiro atoms. The summed E-state index contributed by atoms with van der Waals surface area (Å²) in [6.07, 6.45) is 0.970. The van der Waals surface area contributed by atoms with Crippen LogP contribution in [0.25, 0.3) is 0 Å². The fourth-order valence-corrected chi connectivity index (χ4v) is 5.31. The molecular weight excluding hydrogens is 464 g/mol. The summed E-state index contributed by atoms with van der Waals surface area (Å²) in [7, 11) is -3.72. The Kier molecular flexibility index (Phi) is 9.42. The van der Waals surface area contributed by atoms with Crippen LogP contribution in [-0.4, -0.2) is 63.0 Å². The highest BCUT2D eigenvalue weighted by Crippen LogP contribution is 2.33. The second-order valence-electron chi connectivity index (χ2n) is 7.28. The van der Waals surface area contributed by atoms with Crippen molar-refractivity contribution in [2.24, 2.45) is 0 Å². The Morgan fingerprint density at radius 3 is 2.45 bits per heavy atom. The van der Waals surface area contributed by atoms with Crippen molar-refractivity contribution in [1.29, 1.82) is 0 Å². The minimum atomic E-state index is -3.72. The van der Waals surface area contributed by atoms with Gasteiger partial charge in [-0.05, 0) is 61.6 Å². The molecule has 180 valence electrons. The van der Waals surface area contributed by atoms with E-state index in [1.807, 2.05) is 13.8 Å². The Morgan fingerprint density at radius 1 is 1.09 bits per heavy atom. The van der Waals surface area contributed by atoms with Gasteiger partial charge < -0.3 is 19.5 Å². The van der Waals surface area contributed by atoms with Crippen LogP contribution in [0.3, 0.4) is 0 Å². The van der Waals surface area contributed by atoms with Crippen molar-refractivity contribution in [2.45, 2.75) is 25.2 Å². The lowest BCUT2D eigenvalue weighted by molar-refractivity contribution is -0.113. The lowest BCUT2D eigenvalue weighted by Gasteiger charge is -2.26. The maximum absolute atomic E-state index is 13.1. The zero-order valence-corrected chi connectivity index (χ0v) is 20.5. The molecule has 1 N–H and O–H groups in total. The predicted octanol–water partition coefficient (Wildman–Crippen LogP) is 3.98. The van der Waals surface area contributed by atoms with Gasteiger partial charge in [-0.15, -0.1) is 0 Å². The summed E-state index contributed by atoms with van der Waals surface area (Å²) in [5.74, 6) is 2.54. The van der Waals surface area contributed by atoms with Crippen LogP contribution in [0.1, 0.15) is 20.3 Å². The van der Waals surface area contributed by atoms with Crippen molar-refractivity contribution in [3.8, 4) is 17.2 Å². The Morgan fingerprint density at radius 2 is 1.79 bits per heavy atom. The van der Waals surface area contributed by atoms with Crippen LogP contribution in [0.4, 0.5) is 5.69 Å². The summed E-state index contributed by atoms with van der Waals surface area (Å²) in [4.78, 5) is 12.6. The molecule has 3 rings (SSSR count). The number of thioether (sulfide) groups is 1. The molecule has 1 aliphatic rings. The standard InChI is InChI=1S/C23H30N2O6S2/c1-3-15-32-17-23(26)24-21-16-20(33(27,28)25-11-13-29-14-12-25)9-10-22(21)31-19-7-5-18(6-8-19)30-4-2/h5-10,16H,3-4,11-15,17H2,1-2H3,(H,24,26). The summed E-state index contributed by atoms with van der Waals surface area (Å²) in [6, 6.07) is 11.6. The maximum Gasteiger partial charge on any atom is 0.243 e. The minimum Gasteiger partial charge on any atom is -0.494 e. The number of carbonyl (C=O) groups excluding carboxylic acids is 1. The average Bonchev–Trinajstić information content (AvgIpc) is 2.82. The number of nitrogens with zero attached hydrogens (tertiary/aromatic N) is 1. The van der Waals surface area contributed by atoms with E-state index in [-0.39, 0.29) is 16.6 Å². The minimum absolute atomic E-state index is 0.0972. The molecule has 1 aliphatic heterocycles. The molecule has 0 aromatic heterocycles. The molecule has 2 aromatic rings. The highest BCUT2D eigenvalue weighted by atomic mass is 32.2. The SMILES string of the molecule is CCCSCC(=O)Nc1cc(S(=O)(=O)N2CCOCC2)ccc1Oc1ccc(OCC)cc1. The van der Waals surface area contributed by atoms with E-state index < -0.39 is 10.0 Å². The van der Waals surface area contributed by atoms with E-state index in [9.17, 15) is 13.2 Å². The van der Waals surface area contributed by atoms with Gasteiger partial charge in [0, 0.05) is 13.1 Å². The van der Waals surface area contributed by atoms with Crippen molar-refractivity contribution < 1.29 is 27.4 Å². The van der Waals surface area contributed by atoms with E-state index in [2.05, 4.69) is 5.32 Å². The van der Waals surface area contributed by atoms with Crippen LogP contribution in [-0.2, 0) is 19.6 Å². The Hall–Kier alpha value is -2.27. The monoisotopic (exact) mass is 494 g/mol. The number of sulfonamides is 1. The molecule has 1 fully saturated rings. The molecule has 0 saturated carbocycles. The topological polar surface area (TPSA) is 94.2 Å². The van der Waals surface area contributed by atoms with Crippen molar-refractivity contribution in [3.63, 3.8) is 0 Å². The highest BCUT2D eigenvalue weighted by Gasteiger charge is 2.27. The molecule has 0 bridgehead atoms. The maximum atomic E-state index is 13.1. The van der Waals surface area contributed by atoms with E-state index >= 15 is 0 Å². The predicted molar refractivity (Wildman–Crippen MR) is 130 cm³/mol. The van der Waals surface area contributed by atoms with E-state index in [0.29, 0.717) is 50.1 Å². The van der Waals surface area contributed by atoms with Crippen molar-refractivity contribution in [2.75, 3.05) is 49.7 Å². The van der Waals surface area contributed by atoms with Gasteiger partial charge in [-0.2, -0.15) is 16.1 Å². The van der Waals surface area contributed by atoms with Gasteiger partial charge in [0.15, 0.2) is 5.75 Å². The zero-order chi connectivity index (χ0) is 23.7. The molecule has 1 heterocycles. The number of nitrogens with one attached hydrogen (secondary N) is 1. The summed E-state index contributed by atoms with van der Waals surface area (Å²) < 4.78 is 44.3. The van der Waals surface area contributed by atoms with Gasteiger partial charge in [0.1, 0.15) is 11.5 Å². The molecule has 33 heavy (non-hydrogen) atoms. The Bertz CT molecular complexity index is 1020. The molecule has 8 nitrogen and oxygen atoms in total. The Balaban J connectivity index is 1.86. The summed E-state index contributed by atoms with van der Waals surface area (Å²) in [5.41, 5.74) is 0.306. The molecule has 1 saturated heterocycles. The first-order chi connectivity index (χ1) is 15.9. The van der Waals surface area contributed by atoms with Crippen molar-refractivity contribution in [1.82, 2.24) is 4.31 Å². The van der Waals surface area contributed by atoms with E-state index in [1.54, 1.807) is 30.3 Å². The average molecular weight is 495 g/mol. The molecular formula is C23H30N2O6S2. The number of rotatable bonds is 11. The van der Waals surface area contributed by atoms with Gasteiger partial charge in [-0.3, -0.25) is 4.79 Å². The zero-order valence-electron chi connectivity index (χ0n) is 18.9. The number of hydrogen-bond donors (Lipinski definition) is 1. The molecule has 0 radical (unpaired) electrons. The molecule has 0 atom stereocenters. The second kappa shape index (κ2) is 12.3. The van der Waals surface area contributed by atoms with E-state index in [1.165, 1.54) is 28.2 Å². The third kappa shape index (κ3) is 7.10. The lowest BCUT2D eigenvalue weighted by atomic mass is 10.2. The number of benzene rings is 2. The van der Waals surface area contributed by atoms with E-state index in [0.717, 1.165) is 17.9 Å². The number of anilines is 1. The van der Waals surface area contributed by atoms with Crippen molar-refractivity contribution >= 4 is 33.4 Å². The van der Waals surface area contributed by atoms with Crippen molar-refractivity contribution in [3.05, 3.63) is 42.5 Å². The quantitative estimate of drug-likeness (QED) is 0.472. The van der Waals surface area contributed by atoms with Gasteiger partial charge in [0.05, 0.1) is 36.2 Å². The molecule has 0 unspecified atom stereocenters. The third-order valence-electron chi connectivity index (χ3n) is 4.78. The normalized spacial score (nSPS) is 14.6. The fraction of sp³-hybridized carbons (Fsp3) is 0.435. The van der Waals surface area contributed by atoms with Crippen LogP contribution in [0.2, 0.25) is 0 Å². The smallest absolute Gasteiger partial charge is 0.243 e. The summed E-state index contributed by atoms with van der Waals surface area (Å²) in [5, 5.41) is 2.82. The van der Waals surface area contributed by atoms with Crippen LogP contribution < -0.4 is 14.8 Å². The lowest BCUT2D eigenvalue weighted by Crippen LogP contribution is -2.40. The number of morpholine rings is 1. The van der Waals surface area contributed by atoms with Gasteiger partial charge >= 0.3 is 0 Å². The first kappa shape index (κ1) is 25.4.